The van der Waals surface area contributed by atoms with Gasteiger partial charge in [0.1, 0.15) is 27.0 Å². The largest absolute Gasteiger partial charge is 0.507 e. The number of nitrogens with one attached hydrogen (secondary N) is 1. The van der Waals surface area contributed by atoms with Gasteiger partial charge in [0, 0.05) is 12.8 Å². The van der Waals surface area contributed by atoms with Crippen molar-refractivity contribution in [2.45, 2.75) is 0 Å². The standard InChI is InChI=1S/C10H12FNO4S/c1-17(15,16)6-5-12-10(14)9-7(11)3-2-4-8(9)13/h2-4,13H,5-6H2,1H3,(H,12,14). The molecule has 0 atom stereocenters. The van der Waals surface area contributed by atoms with E-state index in [0.29, 0.717) is 0 Å². The molecule has 0 aromatic heterocycles. The molecule has 0 aliphatic rings. The Hall–Kier alpha value is -1.63. The molecule has 0 aliphatic carbocycles. The van der Waals surface area contributed by atoms with E-state index in [1.165, 1.54) is 12.1 Å². The van der Waals surface area contributed by atoms with Crippen molar-refractivity contribution in [2.75, 3.05) is 18.6 Å². The second-order valence-corrected chi connectivity index (χ2v) is 5.78. The van der Waals surface area contributed by atoms with E-state index in [2.05, 4.69) is 5.32 Å². The van der Waals surface area contributed by atoms with Crippen LogP contribution in [0.2, 0.25) is 0 Å². The van der Waals surface area contributed by atoms with Crippen molar-refractivity contribution in [1.82, 2.24) is 5.32 Å². The third kappa shape index (κ3) is 4.03. The molecule has 0 radical (unpaired) electrons. The molecular formula is C10H12FNO4S. The van der Waals surface area contributed by atoms with Gasteiger partial charge in [0.15, 0.2) is 0 Å². The zero-order valence-electron chi connectivity index (χ0n) is 9.10. The lowest BCUT2D eigenvalue weighted by Gasteiger charge is -2.06. The van der Waals surface area contributed by atoms with E-state index in [1.807, 2.05) is 0 Å². The lowest BCUT2D eigenvalue weighted by molar-refractivity contribution is 0.0949. The van der Waals surface area contributed by atoms with Gasteiger partial charge in [-0.05, 0) is 12.1 Å². The summed E-state index contributed by atoms with van der Waals surface area (Å²) in [5, 5.41) is 11.5. The highest BCUT2D eigenvalue weighted by Gasteiger charge is 2.16. The van der Waals surface area contributed by atoms with Gasteiger partial charge >= 0.3 is 0 Å². The van der Waals surface area contributed by atoms with Crippen LogP contribution in [0.15, 0.2) is 18.2 Å². The highest BCUT2D eigenvalue weighted by atomic mass is 32.2. The monoisotopic (exact) mass is 261 g/mol. The number of rotatable bonds is 4. The van der Waals surface area contributed by atoms with Crippen LogP contribution in [-0.2, 0) is 9.84 Å². The highest BCUT2D eigenvalue weighted by Crippen LogP contribution is 2.19. The van der Waals surface area contributed by atoms with E-state index in [-0.39, 0.29) is 12.3 Å². The third-order valence-electron chi connectivity index (χ3n) is 1.98. The Kier molecular flexibility index (Phi) is 4.06. The predicted molar refractivity (Wildman–Crippen MR) is 60.1 cm³/mol. The molecule has 0 fully saturated rings. The van der Waals surface area contributed by atoms with Gasteiger partial charge in [-0.3, -0.25) is 4.79 Å². The molecule has 1 aromatic carbocycles. The number of sulfone groups is 1. The van der Waals surface area contributed by atoms with Gasteiger partial charge in [-0.25, -0.2) is 12.8 Å². The Morgan fingerprint density at radius 2 is 2.12 bits per heavy atom. The summed E-state index contributed by atoms with van der Waals surface area (Å²) in [4.78, 5) is 11.5. The average molecular weight is 261 g/mol. The Balaban J connectivity index is 2.71. The Bertz CT molecular complexity index is 507. The second kappa shape index (κ2) is 5.13. The van der Waals surface area contributed by atoms with E-state index in [1.54, 1.807) is 0 Å². The minimum atomic E-state index is -3.19. The number of carbonyl (C=O) groups excluding carboxylic acids is 1. The zero-order chi connectivity index (χ0) is 13.1. The van der Waals surface area contributed by atoms with Gasteiger partial charge in [-0.1, -0.05) is 6.07 Å². The maximum Gasteiger partial charge on any atom is 0.258 e. The van der Waals surface area contributed by atoms with Gasteiger partial charge in [0.25, 0.3) is 5.91 Å². The molecule has 0 bridgehead atoms. The van der Waals surface area contributed by atoms with Gasteiger partial charge in [-0.2, -0.15) is 0 Å². The van der Waals surface area contributed by atoms with Gasteiger partial charge in [0.2, 0.25) is 0 Å². The number of hydrogen-bond acceptors (Lipinski definition) is 4. The molecule has 0 spiro atoms. The third-order valence-corrected chi connectivity index (χ3v) is 2.92. The molecule has 7 heteroatoms. The fourth-order valence-electron chi connectivity index (χ4n) is 1.18. The summed E-state index contributed by atoms with van der Waals surface area (Å²) in [7, 11) is -3.19. The van der Waals surface area contributed by atoms with Crippen molar-refractivity contribution < 1.29 is 22.7 Å². The lowest BCUT2D eigenvalue weighted by atomic mass is 10.2. The summed E-state index contributed by atoms with van der Waals surface area (Å²) in [6.07, 6.45) is 1.03. The number of hydrogen-bond donors (Lipinski definition) is 2. The number of benzene rings is 1. The summed E-state index contributed by atoms with van der Waals surface area (Å²) in [6, 6.07) is 3.47. The molecule has 1 rings (SSSR count). The fraction of sp³-hybridized carbons (Fsp3) is 0.300. The lowest BCUT2D eigenvalue weighted by Crippen LogP contribution is -2.29. The molecule has 1 amide bonds. The molecule has 0 saturated heterocycles. The van der Waals surface area contributed by atoms with Crippen LogP contribution in [0.1, 0.15) is 10.4 Å². The Morgan fingerprint density at radius 1 is 1.47 bits per heavy atom. The van der Waals surface area contributed by atoms with Crippen LogP contribution in [0.4, 0.5) is 4.39 Å². The average Bonchev–Trinajstić information content (AvgIpc) is 2.15. The number of phenolic OH excluding ortho intramolecular Hbond substituents is 1. The van der Waals surface area contributed by atoms with Gasteiger partial charge in [0.05, 0.1) is 5.75 Å². The number of amides is 1. The summed E-state index contributed by atoms with van der Waals surface area (Å²) in [5.41, 5.74) is -0.485. The minimum absolute atomic E-state index is 0.133. The van der Waals surface area contributed by atoms with Crippen molar-refractivity contribution in [1.29, 1.82) is 0 Å². The van der Waals surface area contributed by atoms with Crippen LogP contribution in [0, 0.1) is 5.82 Å². The summed E-state index contributed by atoms with van der Waals surface area (Å²) in [6.45, 7) is -0.133. The maximum atomic E-state index is 13.2. The van der Waals surface area contributed by atoms with Crippen LogP contribution < -0.4 is 5.32 Å². The van der Waals surface area contributed by atoms with Crippen LogP contribution in [0.3, 0.4) is 0 Å². The van der Waals surface area contributed by atoms with E-state index in [9.17, 15) is 22.7 Å². The van der Waals surface area contributed by atoms with Crippen LogP contribution in [0.5, 0.6) is 5.75 Å². The van der Waals surface area contributed by atoms with Crippen LogP contribution in [0.25, 0.3) is 0 Å². The van der Waals surface area contributed by atoms with Crippen molar-refractivity contribution in [2.24, 2.45) is 0 Å². The molecule has 17 heavy (non-hydrogen) atoms. The number of halogens is 1. The minimum Gasteiger partial charge on any atom is -0.507 e. The van der Waals surface area contributed by atoms with Crippen molar-refractivity contribution in [3.8, 4) is 5.75 Å². The molecular weight excluding hydrogens is 249 g/mol. The first-order valence-corrected chi connectivity index (χ1v) is 6.81. The summed E-state index contributed by atoms with van der Waals surface area (Å²) < 4.78 is 34.8. The van der Waals surface area contributed by atoms with Crippen LogP contribution >= 0.6 is 0 Å². The number of phenols is 1. The van der Waals surface area contributed by atoms with E-state index < -0.39 is 32.9 Å². The van der Waals surface area contributed by atoms with Crippen molar-refractivity contribution in [3.05, 3.63) is 29.6 Å². The quantitative estimate of drug-likeness (QED) is 0.817. The van der Waals surface area contributed by atoms with Crippen molar-refractivity contribution >= 4 is 15.7 Å². The SMILES string of the molecule is CS(=O)(=O)CCNC(=O)c1c(O)cccc1F. The molecule has 0 heterocycles. The first-order valence-electron chi connectivity index (χ1n) is 4.74. The first-order chi connectivity index (χ1) is 7.81. The van der Waals surface area contributed by atoms with E-state index in [0.717, 1.165) is 12.3 Å². The smallest absolute Gasteiger partial charge is 0.258 e. The predicted octanol–water partition coefficient (Wildman–Crippen LogP) is 0.306. The molecule has 2 N–H and O–H groups in total. The highest BCUT2D eigenvalue weighted by molar-refractivity contribution is 7.90. The fourth-order valence-corrected chi connectivity index (χ4v) is 1.65. The normalized spacial score (nSPS) is 11.2. The van der Waals surface area contributed by atoms with E-state index in [4.69, 9.17) is 0 Å². The maximum absolute atomic E-state index is 13.2. The second-order valence-electron chi connectivity index (χ2n) is 3.52. The first kappa shape index (κ1) is 13.4. The van der Waals surface area contributed by atoms with Gasteiger partial charge < -0.3 is 10.4 Å². The van der Waals surface area contributed by atoms with E-state index >= 15 is 0 Å². The van der Waals surface area contributed by atoms with Gasteiger partial charge in [-0.15, -0.1) is 0 Å². The number of carbonyl (C=O) groups is 1. The van der Waals surface area contributed by atoms with Crippen LogP contribution in [-0.4, -0.2) is 38.0 Å². The molecule has 94 valence electrons. The zero-order valence-corrected chi connectivity index (χ0v) is 9.92. The summed E-state index contributed by atoms with van der Waals surface area (Å²) in [5.74, 6) is -2.43. The molecule has 5 nitrogen and oxygen atoms in total. The molecule has 0 aliphatic heterocycles. The molecule has 0 unspecified atom stereocenters. The topological polar surface area (TPSA) is 83.5 Å². The molecule has 1 aromatic rings. The Morgan fingerprint density at radius 3 is 2.65 bits per heavy atom. The summed E-state index contributed by atoms with van der Waals surface area (Å²) >= 11 is 0. The number of aromatic hydroxyl groups is 1. The molecule has 0 saturated carbocycles. The van der Waals surface area contributed by atoms with Crippen molar-refractivity contribution in [3.63, 3.8) is 0 Å². The Labute approximate surface area is 98.2 Å².